The molecule has 0 aliphatic heterocycles. The fraction of sp³-hybridized carbons (Fsp3) is 0.158. The van der Waals surface area contributed by atoms with Gasteiger partial charge in [0.15, 0.2) is 11.6 Å². The first-order valence-corrected chi connectivity index (χ1v) is 8.04. The van der Waals surface area contributed by atoms with Crippen molar-refractivity contribution < 1.29 is 23.0 Å². The van der Waals surface area contributed by atoms with Crippen LogP contribution in [0.1, 0.15) is 15.9 Å². The Balaban J connectivity index is 1.64. The number of nitrogens with zero attached hydrogens (tertiary/aromatic N) is 2. The Morgan fingerprint density at radius 2 is 2.07 bits per heavy atom. The van der Waals surface area contributed by atoms with Gasteiger partial charge in [0.2, 0.25) is 0 Å². The molecule has 1 N–H and O–H groups in total. The number of benzene rings is 2. The van der Waals surface area contributed by atoms with E-state index in [1.807, 2.05) is 0 Å². The van der Waals surface area contributed by atoms with Crippen molar-refractivity contribution in [3.05, 3.63) is 77.6 Å². The summed E-state index contributed by atoms with van der Waals surface area (Å²) in [7, 11) is 1.55. The van der Waals surface area contributed by atoms with Gasteiger partial charge in [-0.3, -0.25) is 4.79 Å². The number of halogens is 2. The first-order valence-electron chi connectivity index (χ1n) is 8.04. The third-order valence-corrected chi connectivity index (χ3v) is 3.63. The Hall–Kier alpha value is -3.26. The van der Waals surface area contributed by atoms with Gasteiger partial charge in [0.25, 0.3) is 5.91 Å². The summed E-state index contributed by atoms with van der Waals surface area (Å²) < 4.78 is 38.4. The summed E-state index contributed by atoms with van der Waals surface area (Å²) in [5.41, 5.74) is 1.61. The van der Waals surface area contributed by atoms with Crippen LogP contribution in [0.3, 0.4) is 0 Å². The van der Waals surface area contributed by atoms with E-state index in [1.54, 1.807) is 37.6 Å². The van der Waals surface area contributed by atoms with Crippen LogP contribution in [0.5, 0.6) is 5.75 Å². The molecule has 0 unspecified atom stereocenters. The normalized spacial score (nSPS) is 10.6. The Kier molecular flexibility index (Phi) is 5.77. The molecule has 0 saturated carbocycles. The number of ether oxygens (including phenoxy) is 2. The molecule has 0 atom stereocenters. The molecule has 8 heteroatoms. The van der Waals surface area contributed by atoms with E-state index in [1.165, 1.54) is 16.9 Å². The highest BCUT2D eigenvalue weighted by Crippen LogP contribution is 2.19. The molecule has 27 heavy (non-hydrogen) atoms. The largest absolute Gasteiger partial charge is 0.486 e. The molecule has 6 nitrogen and oxygen atoms in total. The molecule has 0 fully saturated rings. The van der Waals surface area contributed by atoms with Crippen LogP contribution in [0.4, 0.5) is 14.5 Å². The van der Waals surface area contributed by atoms with Gasteiger partial charge in [-0.1, -0.05) is 12.1 Å². The van der Waals surface area contributed by atoms with Crippen LogP contribution in [0.25, 0.3) is 0 Å². The number of hydrogen-bond donors (Lipinski definition) is 1. The van der Waals surface area contributed by atoms with Crippen molar-refractivity contribution in [3.8, 4) is 5.75 Å². The molecule has 1 amide bonds. The number of amides is 1. The molecular formula is C19H17F2N3O3. The minimum atomic E-state index is -0.781. The lowest BCUT2D eigenvalue weighted by atomic mass is 10.1. The minimum Gasteiger partial charge on any atom is -0.486 e. The molecule has 2 aromatic carbocycles. The van der Waals surface area contributed by atoms with Crippen molar-refractivity contribution in [2.75, 3.05) is 12.4 Å². The maximum atomic E-state index is 13.6. The molecule has 0 spiro atoms. The van der Waals surface area contributed by atoms with E-state index in [9.17, 15) is 13.6 Å². The maximum absolute atomic E-state index is 13.6. The molecule has 1 heterocycles. The van der Waals surface area contributed by atoms with E-state index in [2.05, 4.69) is 10.4 Å². The Labute approximate surface area is 154 Å². The second kappa shape index (κ2) is 8.41. The van der Waals surface area contributed by atoms with E-state index < -0.39 is 11.6 Å². The van der Waals surface area contributed by atoms with E-state index in [-0.39, 0.29) is 25.0 Å². The number of rotatable bonds is 7. The first kappa shape index (κ1) is 18.5. The van der Waals surface area contributed by atoms with E-state index in [0.717, 1.165) is 12.1 Å². The molecule has 0 saturated heterocycles. The highest BCUT2D eigenvalue weighted by Gasteiger charge is 2.10. The summed E-state index contributed by atoms with van der Waals surface area (Å²) in [5.74, 6) is -1.83. The van der Waals surface area contributed by atoms with E-state index >= 15 is 0 Å². The van der Waals surface area contributed by atoms with Crippen LogP contribution in [-0.4, -0.2) is 22.8 Å². The number of hydrogen-bond acceptors (Lipinski definition) is 4. The highest BCUT2D eigenvalue weighted by molar-refractivity contribution is 6.04. The smallest absolute Gasteiger partial charge is 0.255 e. The van der Waals surface area contributed by atoms with Gasteiger partial charge in [-0.15, -0.1) is 0 Å². The molecule has 1 aromatic heterocycles. The fourth-order valence-corrected chi connectivity index (χ4v) is 2.39. The molecule has 0 aliphatic rings. The van der Waals surface area contributed by atoms with Crippen molar-refractivity contribution in [3.63, 3.8) is 0 Å². The van der Waals surface area contributed by atoms with Crippen molar-refractivity contribution >= 4 is 11.6 Å². The van der Waals surface area contributed by atoms with Gasteiger partial charge in [-0.25, -0.2) is 13.5 Å². The summed E-state index contributed by atoms with van der Waals surface area (Å²) in [5, 5.41) is 6.78. The topological polar surface area (TPSA) is 65.4 Å². The lowest BCUT2D eigenvalue weighted by Crippen LogP contribution is -2.12. The summed E-state index contributed by atoms with van der Waals surface area (Å²) in [6.45, 7) is 0.318. The predicted molar refractivity (Wildman–Crippen MR) is 94.3 cm³/mol. The summed E-state index contributed by atoms with van der Waals surface area (Å²) >= 11 is 0. The number of carbonyl (C=O) groups is 1. The van der Waals surface area contributed by atoms with Gasteiger partial charge in [0.05, 0.1) is 18.1 Å². The number of methoxy groups -OCH3 is 1. The van der Waals surface area contributed by atoms with Crippen molar-refractivity contribution in [1.29, 1.82) is 0 Å². The average molecular weight is 373 g/mol. The van der Waals surface area contributed by atoms with Crippen LogP contribution in [0.15, 0.2) is 54.9 Å². The monoisotopic (exact) mass is 373 g/mol. The zero-order valence-corrected chi connectivity index (χ0v) is 14.5. The second-order valence-electron chi connectivity index (χ2n) is 5.70. The molecule has 3 aromatic rings. The SMILES string of the molecule is COCn1cc(NC(=O)c2cccc(COc3ccc(F)cc3F)c2)cn1. The summed E-state index contributed by atoms with van der Waals surface area (Å²) in [6.07, 6.45) is 3.16. The van der Waals surface area contributed by atoms with Crippen LogP contribution < -0.4 is 10.1 Å². The van der Waals surface area contributed by atoms with Gasteiger partial charge in [-0.2, -0.15) is 5.10 Å². The summed E-state index contributed by atoms with van der Waals surface area (Å²) in [4.78, 5) is 12.4. The Morgan fingerprint density at radius 3 is 2.85 bits per heavy atom. The first-order chi connectivity index (χ1) is 13.0. The van der Waals surface area contributed by atoms with E-state index in [4.69, 9.17) is 9.47 Å². The predicted octanol–water partition coefficient (Wildman–Crippen LogP) is 3.60. The van der Waals surface area contributed by atoms with Crippen LogP contribution in [-0.2, 0) is 18.1 Å². The third kappa shape index (κ3) is 4.89. The quantitative estimate of drug-likeness (QED) is 0.687. The molecule has 3 rings (SSSR count). The second-order valence-corrected chi connectivity index (χ2v) is 5.70. The molecule has 0 radical (unpaired) electrons. The van der Waals surface area contributed by atoms with Gasteiger partial charge >= 0.3 is 0 Å². The highest BCUT2D eigenvalue weighted by atomic mass is 19.1. The zero-order valence-electron chi connectivity index (χ0n) is 14.5. The maximum Gasteiger partial charge on any atom is 0.255 e. The van der Waals surface area contributed by atoms with Gasteiger partial charge in [0.1, 0.15) is 19.2 Å². The number of anilines is 1. The Bertz CT molecular complexity index is 943. The minimum absolute atomic E-state index is 0.0371. The van der Waals surface area contributed by atoms with Crippen LogP contribution in [0, 0.1) is 11.6 Å². The zero-order chi connectivity index (χ0) is 19.2. The summed E-state index contributed by atoms with van der Waals surface area (Å²) in [6, 6.07) is 9.82. The molecular weight excluding hydrogens is 356 g/mol. The van der Waals surface area contributed by atoms with E-state index in [0.29, 0.717) is 16.8 Å². The van der Waals surface area contributed by atoms with Crippen LogP contribution >= 0.6 is 0 Å². The molecule has 0 bridgehead atoms. The lowest BCUT2D eigenvalue weighted by molar-refractivity contribution is 0.102. The van der Waals surface area contributed by atoms with Crippen molar-refractivity contribution in [1.82, 2.24) is 9.78 Å². The lowest BCUT2D eigenvalue weighted by Gasteiger charge is -2.09. The van der Waals surface area contributed by atoms with Gasteiger partial charge in [-0.05, 0) is 29.8 Å². The van der Waals surface area contributed by atoms with Gasteiger partial charge < -0.3 is 14.8 Å². The number of nitrogens with one attached hydrogen (secondary N) is 1. The standard InChI is InChI=1S/C19H17F2N3O3/c1-26-12-24-10-16(9-22-24)23-19(25)14-4-2-3-13(7-14)11-27-18-6-5-15(20)8-17(18)21/h2-10H,11-12H2,1H3,(H,23,25). The van der Waals surface area contributed by atoms with Crippen molar-refractivity contribution in [2.45, 2.75) is 13.3 Å². The number of aromatic nitrogens is 2. The molecule has 140 valence electrons. The molecule has 0 aliphatic carbocycles. The fourth-order valence-electron chi connectivity index (χ4n) is 2.39. The van der Waals surface area contributed by atoms with Crippen LogP contribution in [0.2, 0.25) is 0 Å². The van der Waals surface area contributed by atoms with Gasteiger partial charge in [0, 0.05) is 18.7 Å². The third-order valence-electron chi connectivity index (χ3n) is 3.63. The van der Waals surface area contributed by atoms with Crippen molar-refractivity contribution in [2.24, 2.45) is 0 Å². The number of carbonyl (C=O) groups excluding carboxylic acids is 1. The Morgan fingerprint density at radius 1 is 1.22 bits per heavy atom. The average Bonchev–Trinajstić information content (AvgIpc) is 3.08.